The van der Waals surface area contributed by atoms with E-state index < -0.39 is 17.8 Å². The van der Waals surface area contributed by atoms with Gasteiger partial charge in [-0.2, -0.15) is 13.2 Å². The summed E-state index contributed by atoms with van der Waals surface area (Å²) < 4.78 is 43.7. The van der Waals surface area contributed by atoms with Crippen molar-refractivity contribution in [2.75, 3.05) is 0 Å². The van der Waals surface area contributed by atoms with Gasteiger partial charge in [-0.3, -0.25) is 0 Å². The first-order chi connectivity index (χ1) is 10.8. The Morgan fingerprint density at radius 2 is 2.00 bits per heavy atom. The number of benzene rings is 1. The Morgan fingerprint density at radius 3 is 2.65 bits per heavy atom. The smallest absolute Gasteiger partial charge is 0.416 e. The molecule has 4 nitrogen and oxygen atoms in total. The van der Waals surface area contributed by atoms with Crippen LogP contribution in [0.25, 0.3) is 0 Å². The molecular weight excluding hydrogens is 333 g/mol. The molecule has 23 heavy (non-hydrogen) atoms. The van der Waals surface area contributed by atoms with Gasteiger partial charge in [0.25, 0.3) is 0 Å². The van der Waals surface area contributed by atoms with Gasteiger partial charge in [0.2, 0.25) is 5.88 Å². The van der Waals surface area contributed by atoms with Crippen LogP contribution < -0.4 is 5.73 Å². The number of alkyl halides is 3. The summed E-state index contributed by atoms with van der Waals surface area (Å²) in [5.74, 6) is 0.636. The van der Waals surface area contributed by atoms with Crippen LogP contribution in [0.4, 0.5) is 13.2 Å². The lowest BCUT2D eigenvalue weighted by molar-refractivity contribution is -0.139. The molecule has 8 heteroatoms. The second kappa shape index (κ2) is 5.82. The minimum atomic E-state index is -4.40. The van der Waals surface area contributed by atoms with Crippen molar-refractivity contribution in [2.24, 2.45) is 5.73 Å². The van der Waals surface area contributed by atoms with Gasteiger partial charge >= 0.3 is 6.18 Å². The maximum Gasteiger partial charge on any atom is 0.416 e. The van der Waals surface area contributed by atoms with E-state index >= 15 is 0 Å². The highest BCUT2D eigenvalue weighted by Gasteiger charge is 2.32. The Bertz CT molecular complexity index is 742. The molecule has 0 amide bonds. The SMILES string of the molecule is NC1=CC(c2ccc(Cl)o2)N(Cc2cccc(C(F)(F)F)c2)O1. The summed E-state index contributed by atoms with van der Waals surface area (Å²) in [6.45, 7) is 0.101. The number of furan rings is 1. The van der Waals surface area contributed by atoms with Crippen LogP contribution in [0.1, 0.15) is 22.9 Å². The lowest BCUT2D eigenvalue weighted by Crippen LogP contribution is -2.23. The van der Waals surface area contributed by atoms with Crippen molar-refractivity contribution < 1.29 is 22.4 Å². The van der Waals surface area contributed by atoms with Crippen molar-refractivity contribution in [3.63, 3.8) is 0 Å². The summed E-state index contributed by atoms with van der Waals surface area (Å²) in [7, 11) is 0. The molecule has 3 rings (SSSR count). The maximum absolute atomic E-state index is 12.8. The van der Waals surface area contributed by atoms with Crippen molar-refractivity contribution in [3.05, 3.63) is 70.5 Å². The average Bonchev–Trinajstić information content (AvgIpc) is 3.04. The fourth-order valence-corrected chi connectivity index (χ4v) is 2.48. The zero-order valence-electron chi connectivity index (χ0n) is 11.7. The first kappa shape index (κ1) is 15.8. The zero-order chi connectivity index (χ0) is 16.6. The molecule has 1 aromatic heterocycles. The first-order valence-electron chi connectivity index (χ1n) is 6.66. The average molecular weight is 345 g/mol. The number of rotatable bonds is 3. The van der Waals surface area contributed by atoms with E-state index in [4.69, 9.17) is 26.6 Å². The molecule has 0 fully saturated rings. The number of halogens is 4. The summed E-state index contributed by atoms with van der Waals surface area (Å²) in [6, 6.07) is 7.79. The summed E-state index contributed by atoms with van der Waals surface area (Å²) in [5.41, 5.74) is 5.38. The highest BCUT2D eigenvalue weighted by Crippen LogP contribution is 2.34. The largest absolute Gasteiger partial charge is 0.448 e. The molecule has 1 aromatic carbocycles. The molecule has 0 saturated carbocycles. The predicted octanol–water partition coefficient (Wildman–Crippen LogP) is 4.24. The predicted molar refractivity (Wildman–Crippen MR) is 76.8 cm³/mol. The fraction of sp³-hybridized carbons (Fsp3) is 0.200. The number of hydrogen-bond acceptors (Lipinski definition) is 4. The van der Waals surface area contributed by atoms with Crippen LogP contribution in [0.5, 0.6) is 0 Å². The fourth-order valence-electron chi connectivity index (χ4n) is 2.33. The van der Waals surface area contributed by atoms with Crippen molar-refractivity contribution in [1.29, 1.82) is 0 Å². The number of nitrogens with two attached hydrogens (primary N) is 1. The normalized spacial score (nSPS) is 18.8. The van der Waals surface area contributed by atoms with Gasteiger partial charge in [0, 0.05) is 6.08 Å². The molecule has 1 atom stereocenters. The van der Waals surface area contributed by atoms with Gasteiger partial charge in [-0.15, -0.1) is 5.06 Å². The van der Waals surface area contributed by atoms with E-state index in [0.717, 1.165) is 12.1 Å². The van der Waals surface area contributed by atoms with Gasteiger partial charge < -0.3 is 15.0 Å². The summed E-state index contributed by atoms with van der Waals surface area (Å²) in [4.78, 5) is 5.35. The zero-order valence-corrected chi connectivity index (χ0v) is 12.4. The molecule has 0 spiro atoms. The van der Waals surface area contributed by atoms with E-state index in [2.05, 4.69) is 0 Å². The van der Waals surface area contributed by atoms with Crippen molar-refractivity contribution >= 4 is 11.6 Å². The minimum absolute atomic E-state index is 0.101. The monoisotopic (exact) mass is 344 g/mol. The van der Waals surface area contributed by atoms with Gasteiger partial charge in [-0.25, -0.2) is 0 Å². The van der Waals surface area contributed by atoms with Gasteiger partial charge in [0.15, 0.2) is 5.22 Å². The first-order valence-corrected chi connectivity index (χ1v) is 7.04. The van der Waals surface area contributed by atoms with Crippen LogP contribution in [-0.4, -0.2) is 5.06 Å². The third-order valence-electron chi connectivity index (χ3n) is 3.33. The minimum Gasteiger partial charge on any atom is -0.448 e. The molecule has 2 N–H and O–H groups in total. The Labute approximate surface area is 134 Å². The third-order valence-corrected chi connectivity index (χ3v) is 3.54. The molecule has 122 valence electrons. The Kier molecular flexibility index (Phi) is 3.99. The molecular formula is C15H12ClF3N2O2. The topological polar surface area (TPSA) is 51.6 Å². The van der Waals surface area contributed by atoms with E-state index in [0.29, 0.717) is 11.3 Å². The summed E-state index contributed by atoms with van der Waals surface area (Å²) in [6.07, 6.45) is -2.80. The highest BCUT2D eigenvalue weighted by molar-refractivity contribution is 6.28. The van der Waals surface area contributed by atoms with Crippen molar-refractivity contribution in [1.82, 2.24) is 5.06 Å². The van der Waals surface area contributed by atoms with Crippen LogP contribution in [0.2, 0.25) is 5.22 Å². The standard InChI is InChI=1S/C15H12ClF3N2O2/c16-13-5-4-12(22-13)11-7-14(20)23-21(11)8-9-2-1-3-10(6-9)15(17,18)19/h1-7,11H,8,20H2. The van der Waals surface area contributed by atoms with Crippen molar-refractivity contribution in [3.8, 4) is 0 Å². The summed E-state index contributed by atoms with van der Waals surface area (Å²) >= 11 is 5.75. The number of hydrogen-bond donors (Lipinski definition) is 1. The lowest BCUT2D eigenvalue weighted by Gasteiger charge is -2.21. The summed E-state index contributed by atoms with van der Waals surface area (Å²) in [5, 5.41) is 1.64. The Balaban J connectivity index is 1.82. The molecule has 1 aliphatic rings. The van der Waals surface area contributed by atoms with Gasteiger partial charge in [-0.1, -0.05) is 18.2 Å². The molecule has 0 bridgehead atoms. The van der Waals surface area contributed by atoms with E-state index in [1.165, 1.54) is 11.1 Å². The lowest BCUT2D eigenvalue weighted by atomic mass is 10.1. The molecule has 1 aliphatic heterocycles. The molecule has 1 unspecified atom stereocenters. The van der Waals surface area contributed by atoms with Crippen molar-refractivity contribution in [2.45, 2.75) is 18.8 Å². The van der Waals surface area contributed by atoms with Crippen LogP contribution in [0.3, 0.4) is 0 Å². The van der Waals surface area contributed by atoms with Crippen LogP contribution in [0.15, 0.2) is 52.8 Å². The Morgan fingerprint density at radius 1 is 1.22 bits per heavy atom. The maximum atomic E-state index is 12.8. The van der Waals surface area contributed by atoms with Gasteiger partial charge in [0.05, 0.1) is 12.1 Å². The number of hydroxylamine groups is 2. The highest BCUT2D eigenvalue weighted by atomic mass is 35.5. The van der Waals surface area contributed by atoms with E-state index in [1.807, 2.05) is 0 Å². The molecule has 2 aromatic rings. The second-order valence-electron chi connectivity index (χ2n) is 5.02. The van der Waals surface area contributed by atoms with Crippen LogP contribution in [-0.2, 0) is 17.6 Å². The van der Waals surface area contributed by atoms with E-state index in [-0.39, 0.29) is 17.6 Å². The molecule has 0 aliphatic carbocycles. The second-order valence-corrected chi connectivity index (χ2v) is 5.39. The van der Waals surface area contributed by atoms with Gasteiger partial charge in [0.1, 0.15) is 11.8 Å². The van der Waals surface area contributed by atoms with Gasteiger partial charge in [-0.05, 0) is 35.4 Å². The van der Waals surface area contributed by atoms with E-state index in [1.54, 1.807) is 24.3 Å². The molecule has 2 heterocycles. The molecule has 0 saturated heterocycles. The Hall–Kier alpha value is -2.12. The third kappa shape index (κ3) is 3.46. The quantitative estimate of drug-likeness (QED) is 0.904. The molecule has 0 radical (unpaired) electrons. The number of nitrogens with zero attached hydrogens (tertiary/aromatic N) is 1. The van der Waals surface area contributed by atoms with Crippen LogP contribution in [0, 0.1) is 0 Å². The van der Waals surface area contributed by atoms with Crippen LogP contribution >= 0.6 is 11.6 Å². The van der Waals surface area contributed by atoms with E-state index in [9.17, 15) is 13.2 Å².